The average Bonchev–Trinajstić information content (AvgIpc) is 2.64. The van der Waals surface area contributed by atoms with E-state index in [2.05, 4.69) is 18.9 Å². The molecule has 0 aliphatic carbocycles. The summed E-state index contributed by atoms with van der Waals surface area (Å²) in [5.41, 5.74) is 1.16. The van der Waals surface area contributed by atoms with Crippen LogP contribution in [0.3, 0.4) is 0 Å². The molecule has 0 saturated carbocycles. The number of hydrogen-bond acceptors (Lipinski definition) is 2. The van der Waals surface area contributed by atoms with Crippen molar-refractivity contribution in [1.82, 2.24) is 14.7 Å². The number of likely N-dealkylation sites (N-methyl/N-ethyl adjacent to an activating group) is 1. The van der Waals surface area contributed by atoms with Crippen molar-refractivity contribution in [2.75, 3.05) is 14.1 Å². The third-order valence-corrected chi connectivity index (χ3v) is 2.48. The van der Waals surface area contributed by atoms with E-state index in [-0.39, 0.29) is 11.9 Å². The molecule has 0 spiro atoms. The molecule has 1 aromatic heterocycles. The number of nitrogens with zero attached hydrogens (tertiary/aromatic N) is 3. The zero-order valence-electron chi connectivity index (χ0n) is 10.1. The molecule has 0 radical (unpaired) electrons. The molecule has 1 unspecified atom stereocenters. The van der Waals surface area contributed by atoms with Crippen LogP contribution < -0.4 is 0 Å². The molecular formula is C11H19N3O. The Hall–Kier alpha value is -1.32. The smallest absolute Gasteiger partial charge is 0.246 e. The molecule has 4 nitrogen and oxygen atoms in total. The van der Waals surface area contributed by atoms with Gasteiger partial charge in [0, 0.05) is 20.3 Å². The van der Waals surface area contributed by atoms with Crippen LogP contribution in [-0.2, 0) is 4.79 Å². The zero-order chi connectivity index (χ0) is 11.6. The van der Waals surface area contributed by atoms with Crippen LogP contribution in [0.1, 0.15) is 38.3 Å². The number of carbonyl (C=O) groups excluding carboxylic acids is 1. The lowest BCUT2D eigenvalue weighted by atomic mass is 10.1. The summed E-state index contributed by atoms with van der Waals surface area (Å²) in [6, 6.07) is -0.229. The number of carbonyl (C=O) groups is 1. The van der Waals surface area contributed by atoms with Gasteiger partial charge in [0.05, 0.1) is 6.20 Å². The van der Waals surface area contributed by atoms with Crippen molar-refractivity contribution >= 4 is 5.91 Å². The molecule has 0 saturated heterocycles. The highest BCUT2D eigenvalue weighted by Gasteiger charge is 2.17. The molecule has 84 valence electrons. The topological polar surface area (TPSA) is 38.1 Å². The van der Waals surface area contributed by atoms with Gasteiger partial charge in [-0.15, -0.1) is 0 Å². The van der Waals surface area contributed by atoms with E-state index in [0.717, 1.165) is 5.56 Å². The Morgan fingerprint density at radius 1 is 1.40 bits per heavy atom. The Bertz CT molecular complexity index is 341. The second-order valence-electron chi connectivity index (χ2n) is 4.32. The first-order chi connectivity index (χ1) is 6.93. The van der Waals surface area contributed by atoms with Crippen molar-refractivity contribution in [1.29, 1.82) is 0 Å². The molecule has 0 aliphatic rings. The maximum Gasteiger partial charge on any atom is 0.246 e. The molecule has 1 atom stereocenters. The minimum absolute atomic E-state index is 0.0633. The van der Waals surface area contributed by atoms with Gasteiger partial charge in [-0.3, -0.25) is 9.48 Å². The maximum absolute atomic E-state index is 11.7. The zero-order valence-corrected chi connectivity index (χ0v) is 10.1. The molecule has 1 heterocycles. The summed E-state index contributed by atoms with van der Waals surface area (Å²) in [5.74, 6) is 0.508. The second kappa shape index (κ2) is 4.47. The lowest BCUT2D eigenvalue weighted by molar-refractivity contribution is -0.131. The van der Waals surface area contributed by atoms with Gasteiger partial charge in [0.15, 0.2) is 0 Å². The molecule has 4 heteroatoms. The van der Waals surface area contributed by atoms with Gasteiger partial charge in [0.2, 0.25) is 5.91 Å². The first kappa shape index (κ1) is 11.8. The van der Waals surface area contributed by atoms with Gasteiger partial charge in [-0.1, -0.05) is 13.8 Å². The van der Waals surface area contributed by atoms with Crippen molar-refractivity contribution in [3.05, 3.63) is 18.0 Å². The maximum atomic E-state index is 11.7. The third-order valence-electron chi connectivity index (χ3n) is 2.48. The Labute approximate surface area is 90.9 Å². The first-order valence-electron chi connectivity index (χ1n) is 5.18. The summed E-state index contributed by atoms with van der Waals surface area (Å²) in [7, 11) is 3.51. The van der Waals surface area contributed by atoms with Crippen LogP contribution in [0.5, 0.6) is 0 Å². The molecule has 1 amide bonds. The normalized spacial score (nSPS) is 12.9. The van der Waals surface area contributed by atoms with Crippen molar-refractivity contribution < 1.29 is 4.79 Å². The molecule has 0 N–H and O–H groups in total. The fourth-order valence-electron chi connectivity index (χ4n) is 1.35. The quantitative estimate of drug-likeness (QED) is 0.759. The van der Waals surface area contributed by atoms with E-state index in [1.54, 1.807) is 23.7 Å². The van der Waals surface area contributed by atoms with Gasteiger partial charge < -0.3 is 4.90 Å². The monoisotopic (exact) mass is 209 g/mol. The summed E-state index contributed by atoms with van der Waals surface area (Å²) >= 11 is 0. The SMILES string of the molecule is CC(C)c1cnn(C(C)C(=O)N(C)C)c1. The van der Waals surface area contributed by atoms with Crippen molar-refractivity contribution in [2.24, 2.45) is 0 Å². The van der Waals surface area contributed by atoms with Gasteiger partial charge in [-0.05, 0) is 18.4 Å². The van der Waals surface area contributed by atoms with E-state index in [4.69, 9.17) is 0 Å². The fourth-order valence-corrected chi connectivity index (χ4v) is 1.35. The average molecular weight is 209 g/mol. The molecule has 0 aromatic carbocycles. The summed E-state index contributed by atoms with van der Waals surface area (Å²) < 4.78 is 1.72. The third kappa shape index (κ3) is 2.58. The molecule has 1 rings (SSSR count). The predicted octanol–water partition coefficient (Wildman–Crippen LogP) is 1.66. The minimum atomic E-state index is -0.229. The lowest BCUT2D eigenvalue weighted by Gasteiger charge is -2.16. The largest absolute Gasteiger partial charge is 0.347 e. The Morgan fingerprint density at radius 3 is 2.40 bits per heavy atom. The van der Waals surface area contributed by atoms with E-state index in [1.807, 2.05) is 19.3 Å². The second-order valence-corrected chi connectivity index (χ2v) is 4.32. The number of aromatic nitrogens is 2. The number of amides is 1. The van der Waals surface area contributed by atoms with Crippen LogP contribution in [0, 0.1) is 0 Å². The Morgan fingerprint density at radius 2 is 2.00 bits per heavy atom. The van der Waals surface area contributed by atoms with E-state index in [9.17, 15) is 4.79 Å². The van der Waals surface area contributed by atoms with Crippen molar-refractivity contribution in [3.63, 3.8) is 0 Å². The summed E-state index contributed by atoms with van der Waals surface area (Å²) in [4.78, 5) is 13.3. The highest BCUT2D eigenvalue weighted by Crippen LogP contribution is 2.15. The van der Waals surface area contributed by atoms with Crippen LogP contribution in [-0.4, -0.2) is 34.7 Å². The van der Waals surface area contributed by atoms with E-state index in [0.29, 0.717) is 5.92 Å². The highest BCUT2D eigenvalue weighted by atomic mass is 16.2. The van der Waals surface area contributed by atoms with E-state index in [1.165, 1.54) is 0 Å². The molecule has 0 aliphatic heterocycles. The molecule has 1 aromatic rings. The lowest BCUT2D eigenvalue weighted by Crippen LogP contribution is -2.30. The van der Waals surface area contributed by atoms with Gasteiger partial charge >= 0.3 is 0 Å². The predicted molar refractivity (Wildman–Crippen MR) is 59.7 cm³/mol. The molecule has 0 fully saturated rings. The molecule has 0 bridgehead atoms. The van der Waals surface area contributed by atoms with Crippen LogP contribution >= 0.6 is 0 Å². The molecular weight excluding hydrogens is 190 g/mol. The van der Waals surface area contributed by atoms with Crippen LogP contribution in [0.2, 0.25) is 0 Å². The first-order valence-corrected chi connectivity index (χ1v) is 5.18. The summed E-state index contributed by atoms with van der Waals surface area (Å²) in [5, 5.41) is 4.21. The van der Waals surface area contributed by atoms with Gasteiger partial charge in [0.1, 0.15) is 6.04 Å². The van der Waals surface area contributed by atoms with E-state index < -0.39 is 0 Å². The van der Waals surface area contributed by atoms with Gasteiger partial charge in [-0.25, -0.2) is 0 Å². The van der Waals surface area contributed by atoms with E-state index >= 15 is 0 Å². The van der Waals surface area contributed by atoms with Gasteiger partial charge in [-0.2, -0.15) is 5.10 Å². The number of hydrogen-bond donors (Lipinski definition) is 0. The minimum Gasteiger partial charge on any atom is -0.347 e. The van der Waals surface area contributed by atoms with Gasteiger partial charge in [0.25, 0.3) is 0 Å². The molecule has 15 heavy (non-hydrogen) atoms. The fraction of sp³-hybridized carbons (Fsp3) is 0.636. The van der Waals surface area contributed by atoms with Crippen LogP contribution in [0.4, 0.5) is 0 Å². The number of rotatable bonds is 3. The van der Waals surface area contributed by atoms with Crippen LogP contribution in [0.15, 0.2) is 12.4 Å². The Balaban J connectivity index is 2.83. The van der Waals surface area contributed by atoms with Crippen LogP contribution in [0.25, 0.3) is 0 Å². The Kier molecular flexibility index (Phi) is 3.50. The van der Waals surface area contributed by atoms with Crippen molar-refractivity contribution in [3.8, 4) is 0 Å². The standard InChI is InChI=1S/C11H19N3O/c1-8(2)10-6-12-14(7-10)9(3)11(15)13(4)5/h6-9H,1-5H3. The summed E-state index contributed by atoms with van der Waals surface area (Å²) in [6.07, 6.45) is 3.76. The summed E-state index contributed by atoms with van der Waals surface area (Å²) in [6.45, 7) is 6.08. The van der Waals surface area contributed by atoms with Crippen molar-refractivity contribution in [2.45, 2.75) is 32.7 Å². The highest BCUT2D eigenvalue weighted by molar-refractivity contribution is 5.79.